The average molecular weight is 358 g/mol. The Morgan fingerprint density at radius 2 is 1.81 bits per heavy atom. The molecule has 0 atom stereocenters. The predicted octanol–water partition coefficient (Wildman–Crippen LogP) is 4.35. The summed E-state index contributed by atoms with van der Waals surface area (Å²) in [6.45, 7) is 0. The fraction of sp³-hybridized carbons (Fsp3) is 0.0476. The summed E-state index contributed by atoms with van der Waals surface area (Å²) in [6.07, 6.45) is 3.93. The summed E-state index contributed by atoms with van der Waals surface area (Å²) in [7, 11) is 1.80. The molecule has 4 rings (SSSR count). The van der Waals surface area contributed by atoms with Crippen LogP contribution in [0.15, 0.2) is 60.9 Å². The summed E-state index contributed by atoms with van der Waals surface area (Å²) in [5, 5.41) is 3.94. The number of benzene rings is 2. The lowest BCUT2D eigenvalue weighted by Crippen LogP contribution is -1.99. The molecular weight excluding hydrogens is 343 g/mol. The lowest BCUT2D eigenvalue weighted by molar-refractivity contribution is 0.112. The molecule has 0 bridgehead atoms. The second-order valence-electron chi connectivity index (χ2n) is 5.97. The molecule has 5 nitrogen and oxygen atoms in total. The summed E-state index contributed by atoms with van der Waals surface area (Å²) in [6, 6.07) is 13.9. The first-order chi connectivity index (χ1) is 13.2. The molecule has 132 valence electrons. The monoisotopic (exact) mass is 358 g/mol. The standard InChI is InChI=1S/C21H15FN4O/c1-23-21-17-10-14(13-4-6-18(22)16(9-13)12-27)5-7-19(17)25-20(26-21)15-3-2-8-24-11-15/h2-12H,1H3,(H,23,25,26). The fourth-order valence-electron chi connectivity index (χ4n) is 2.94. The Morgan fingerprint density at radius 3 is 2.56 bits per heavy atom. The number of aromatic nitrogens is 3. The number of nitrogens with one attached hydrogen (secondary N) is 1. The summed E-state index contributed by atoms with van der Waals surface area (Å²) in [5.74, 6) is 0.728. The highest BCUT2D eigenvalue weighted by Gasteiger charge is 2.11. The van der Waals surface area contributed by atoms with Crippen LogP contribution in [0.25, 0.3) is 33.4 Å². The van der Waals surface area contributed by atoms with Gasteiger partial charge in [0.1, 0.15) is 11.6 Å². The van der Waals surface area contributed by atoms with E-state index in [2.05, 4.69) is 20.3 Å². The third-order valence-corrected chi connectivity index (χ3v) is 4.31. The Hall–Kier alpha value is -3.67. The maximum absolute atomic E-state index is 13.6. The highest BCUT2D eigenvalue weighted by atomic mass is 19.1. The predicted molar refractivity (Wildman–Crippen MR) is 103 cm³/mol. The second-order valence-corrected chi connectivity index (χ2v) is 5.97. The number of nitrogens with zero attached hydrogens (tertiary/aromatic N) is 3. The first-order valence-corrected chi connectivity index (χ1v) is 8.34. The number of pyridine rings is 1. The average Bonchev–Trinajstić information content (AvgIpc) is 2.73. The molecule has 0 saturated heterocycles. The van der Waals surface area contributed by atoms with Gasteiger partial charge in [0.15, 0.2) is 12.1 Å². The molecule has 0 fully saturated rings. The van der Waals surface area contributed by atoms with E-state index in [1.165, 1.54) is 12.1 Å². The van der Waals surface area contributed by atoms with Gasteiger partial charge in [0.2, 0.25) is 0 Å². The molecule has 6 heteroatoms. The van der Waals surface area contributed by atoms with Crippen LogP contribution in [0.2, 0.25) is 0 Å². The first-order valence-electron chi connectivity index (χ1n) is 8.34. The molecule has 0 aliphatic heterocycles. The third kappa shape index (κ3) is 3.13. The van der Waals surface area contributed by atoms with E-state index in [9.17, 15) is 9.18 Å². The molecule has 0 spiro atoms. The molecule has 0 radical (unpaired) electrons. The first kappa shape index (κ1) is 16.8. The van der Waals surface area contributed by atoms with E-state index in [1.807, 2.05) is 30.3 Å². The molecule has 4 aromatic rings. The normalized spacial score (nSPS) is 10.7. The molecule has 1 N–H and O–H groups in total. The highest BCUT2D eigenvalue weighted by molar-refractivity contribution is 5.94. The largest absolute Gasteiger partial charge is 0.373 e. The van der Waals surface area contributed by atoms with Crippen molar-refractivity contribution in [3.8, 4) is 22.5 Å². The van der Waals surface area contributed by atoms with E-state index in [1.54, 1.807) is 25.5 Å². The lowest BCUT2D eigenvalue weighted by atomic mass is 10.0. The van der Waals surface area contributed by atoms with Gasteiger partial charge < -0.3 is 5.32 Å². The van der Waals surface area contributed by atoms with Crippen molar-refractivity contribution < 1.29 is 9.18 Å². The van der Waals surface area contributed by atoms with Crippen LogP contribution in [-0.4, -0.2) is 28.3 Å². The van der Waals surface area contributed by atoms with Crippen LogP contribution in [0.4, 0.5) is 10.2 Å². The van der Waals surface area contributed by atoms with E-state index in [4.69, 9.17) is 0 Å². The molecular formula is C21H15FN4O. The SMILES string of the molecule is CNc1nc(-c2cccnc2)nc2ccc(-c3ccc(F)c(C=O)c3)cc12. The number of anilines is 1. The van der Waals surface area contributed by atoms with Crippen molar-refractivity contribution in [1.29, 1.82) is 0 Å². The van der Waals surface area contributed by atoms with Crippen LogP contribution in [0.1, 0.15) is 10.4 Å². The van der Waals surface area contributed by atoms with Crippen molar-refractivity contribution >= 4 is 23.0 Å². The number of hydrogen-bond acceptors (Lipinski definition) is 5. The molecule has 0 saturated carbocycles. The second kappa shape index (κ2) is 6.92. The van der Waals surface area contributed by atoms with Crippen LogP contribution in [0, 0.1) is 5.82 Å². The number of rotatable bonds is 4. The maximum atomic E-state index is 13.6. The number of fused-ring (bicyclic) bond motifs is 1. The quantitative estimate of drug-likeness (QED) is 0.549. The van der Waals surface area contributed by atoms with E-state index in [-0.39, 0.29) is 5.56 Å². The van der Waals surface area contributed by atoms with Crippen LogP contribution < -0.4 is 5.32 Å². The molecule has 2 heterocycles. The third-order valence-electron chi connectivity index (χ3n) is 4.31. The van der Waals surface area contributed by atoms with E-state index < -0.39 is 5.82 Å². The van der Waals surface area contributed by atoms with Crippen molar-refractivity contribution in [1.82, 2.24) is 15.0 Å². The Bertz CT molecular complexity index is 1150. The number of carbonyl (C=O) groups excluding carboxylic acids is 1. The van der Waals surface area contributed by atoms with E-state index in [0.717, 1.165) is 27.6 Å². The zero-order valence-electron chi connectivity index (χ0n) is 14.5. The van der Waals surface area contributed by atoms with Gasteiger partial charge in [-0.25, -0.2) is 14.4 Å². The topological polar surface area (TPSA) is 67.8 Å². The Morgan fingerprint density at radius 1 is 1.00 bits per heavy atom. The Balaban J connectivity index is 1.86. The minimum atomic E-state index is -0.533. The Labute approximate surface area is 154 Å². The summed E-state index contributed by atoms with van der Waals surface area (Å²) in [4.78, 5) is 24.4. The number of hydrogen-bond donors (Lipinski definition) is 1. The van der Waals surface area contributed by atoms with Gasteiger partial charge in [-0.2, -0.15) is 0 Å². The van der Waals surface area contributed by atoms with E-state index in [0.29, 0.717) is 17.9 Å². The van der Waals surface area contributed by atoms with Crippen LogP contribution >= 0.6 is 0 Å². The zero-order chi connectivity index (χ0) is 18.8. The molecule has 0 amide bonds. The minimum absolute atomic E-state index is 0.0320. The van der Waals surface area contributed by atoms with Crippen molar-refractivity contribution in [2.45, 2.75) is 0 Å². The highest BCUT2D eigenvalue weighted by Crippen LogP contribution is 2.30. The smallest absolute Gasteiger partial charge is 0.163 e. The molecule has 2 aromatic carbocycles. The van der Waals surface area contributed by atoms with Crippen molar-refractivity contribution in [3.05, 3.63) is 72.3 Å². The van der Waals surface area contributed by atoms with Gasteiger partial charge >= 0.3 is 0 Å². The van der Waals surface area contributed by atoms with Crippen molar-refractivity contribution in [2.75, 3.05) is 12.4 Å². The van der Waals surface area contributed by atoms with Gasteiger partial charge in [-0.05, 0) is 47.5 Å². The zero-order valence-corrected chi connectivity index (χ0v) is 14.5. The van der Waals surface area contributed by atoms with Gasteiger partial charge in [-0.3, -0.25) is 9.78 Å². The van der Waals surface area contributed by atoms with Gasteiger partial charge in [-0.1, -0.05) is 12.1 Å². The van der Waals surface area contributed by atoms with Crippen molar-refractivity contribution in [3.63, 3.8) is 0 Å². The molecule has 27 heavy (non-hydrogen) atoms. The molecule has 0 aliphatic rings. The summed E-state index contributed by atoms with van der Waals surface area (Å²) < 4.78 is 13.6. The molecule has 0 aliphatic carbocycles. The summed E-state index contributed by atoms with van der Waals surface area (Å²) >= 11 is 0. The lowest BCUT2D eigenvalue weighted by Gasteiger charge is -2.10. The van der Waals surface area contributed by atoms with Gasteiger partial charge in [0.05, 0.1) is 11.1 Å². The number of halogens is 1. The number of carbonyl (C=O) groups is 1. The maximum Gasteiger partial charge on any atom is 0.163 e. The van der Waals surface area contributed by atoms with Crippen LogP contribution in [-0.2, 0) is 0 Å². The van der Waals surface area contributed by atoms with Crippen LogP contribution in [0.3, 0.4) is 0 Å². The Kier molecular flexibility index (Phi) is 4.30. The van der Waals surface area contributed by atoms with Crippen LogP contribution in [0.5, 0.6) is 0 Å². The molecule has 2 aromatic heterocycles. The van der Waals surface area contributed by atoms with Gasteiger partial charge in [0, 0.05) is 30.4 Å². The summed E-state index contributed by atoms with van der Waals surface area (Å²) in [5.41, 5.74) is 3.23. The van der Waals surface area contributed by atoms with Gasteiger partial charge in [-0.15, -0.1) is 0 Å². The van der Waals surface area contributed by atoms with E-state index >= 15 is 0 Å². The molecule has 0 unspecified atom stereocenters. The van der Waals surface area contributed by atoms with Crippen molar-refractivity contribution in [2.24, 2.45) is 0 Å². The number of aldehydes is 1. The fourth-order valence-corrected chi connectivity index (χ4v) is 2.94. The minimum Gasteiger partial charge on any atom is -0.373 e. The van der Waals surface area contributed by atoms with Gasteiger partial charge in [0.25, 0.3) is 0 Å².